The summed E-state index contributed by atoms with van der Waals surface area (Å²) in [6.45, 7) is 0.375. The molecule has 1 aliphatic rings. The Morgan fingerprint density at radius 3 is 3.00 bits per heavy atom. The average molecular weight is 430 g/mol. The number of hydrogen-bond acceptors (Lipinski definition) is 7. The van der Waals surface area contributed by atoms with Gasteiger partial charge in [-0.05, 0) is 30.3 Å². The molecular formula is C21H15FN8O2. The fourth-order valence-electron chi connectivity index (χ4n) is 3.97. The lowest BCUT2D eigenvalue weighted by atomic mass is 9.99. The maximum atomic E-state index is 14.2. The molecule has 5 aromatic rings. The monoisotopic (exact) mass is 430 g/mol. The normalized spacial score (nSPS) is 15.8. The molecular weight excluding hydrogens is 415 g/mol. The maximum Gasteiger partial charge on any atom is 0.312 e. The lowest BCUT2D eigenvalue weighted by Gasteiger charge is -2.32. The minimum atomic E-state index is -0.634. The van der Waals surface area contributed by atoms with Gasteiger partial charge in [0, 0.05) is 31.1 Å². The summed E-state index contributed by atoms with van der Waals surface area (Å²) in [5, 5.41) is 12.3. The molecule has 0 spiro atoms. The molecule has 0 unspecified atom stereocenters. The number of aromatic nitrogens is 7. The van der Waals surface area contributed by atoms with Crippen molar-refractivity contribution >= 4 is 11.4 Å². The Kier molecular flexibility index (Phi) is 4.06. The zero-order valence-electron chi connectivity index (χ0n) is 16.5. The van der Waals surface area contributed by atoms with Gasteiger partial charge in [-0.15, -0.1) is 10.2 Å². The van der Waals surface area contributed by atoms with Crippen molar-refractivity contribution < 1.29 is 13.6 Å². The number of fused-ring (bicyclic) bond motifs is 2. The summed E-state index contributed by atoms with van der Waals surface area (Å²) in [6, 6.07) is 9.29. The van der Waals surface area contributed by atoms with Crippen LogP contribution in [-0.2, 0) is 6.42 Å². The van der Waals surface area contributed by atoms with Crippen LogP contribution in [-0.4, -0.2) is 52.1 Å². The number of carbonyl (C=O) groups is 1. The number of imidazole rings is 1. The predicted octanol–water partition coefficient (Wildman–Crippen LogP) is 2.43. The predicted molar refractivity (Wildman–Crippen MR) is 108 cm³/mol. The standard InChI is InChI=1S/C21H15FN8O2/c22-16-5-1-4-13-9-15(28-30(13)16)18-17-14(24-11-25-17)6-8-29(18)21(31)20-27-26-19(32-20)12-3-2-7-23-10-12/h1-5,7,9-11,18H,6,8H2,(H,24,25)/t18-/m1/s1. The summed E-state index contributed by atoms with van der Waals surface area (Å²) < 4.78 is 21.1. The van der Waals surface area contributed by atoms with Crippen LogP contribution in [0, 0.1) is 5.95 Å². The zero-order valence-corrected chi connectivity index (χ0v) is 16.5. The van der Waals surface area contributed by atoms with Gasteiger partial charge in [0.1, 0.15) is 6.04 Å². The quantitative estimate of drug-likeness (QED) is 0.437. The largest absolute Gasteiger partial charge is 0.412 e. The molecule has 158 valence electrons. The van der Waals surface area contributed by atoms with Crippen LogP contribution in [0.1, 0.15) is 33.8 Å². The van der Waals surface area contributed by atoms with Gasteiger partial charge in [-0.1, -0.05) is 6.07 Å². The Morgan fingerprint density at radius 2 is 2.16 bits per heavy atom. The van der Waals surface area contributed by atoms with Crippen molar-refractivity contribution in [1.82, 2.24) is 39.7 Å². The van der Waals surface area contributed by atoms with Crippen molar-refractivity contribution in [1.29, 1.82) is 0 Å². The Bertz CT molecular complexity index is 1440. The third-order valence-electron chi connectivity index (χ3n) is 5.44. The number of hydrogen-bond donors (Lipinski definition) is 1. The summed E-state index contributed by atoms with van der Waals surface area (Å²) in [4.78, 5) is 26.5. The highest BCUT2D eigenvalue weighted by molar-refractivity contribution is 5.90. The van der Waals surface area contributed by atoms with Gasteiger partial charge in [-0.25, -0.2) is 9.50 Å². The van der Waals surface area contributed by atoms with E-state index in [2.05, 4.69) is 30.2 Å². The molecule has 6 rings (SSSR count). The smallest absolute Gasteiger partial charge is 0.312 e. The maximum absolute atomic E-state index is 14.2. The lowest BCUT2D eigenvalue weighted by molar-refractivity contribution is 0.0646. The summed E-state index contributed by atoms with van der Waals surface area (Å²) >= 11 is 0. The van der Waals surface area contributed by atoms with E-state index in [1.807, 2.05) is 0 Å². The molecule has 5 aromatic heterocycles. The molecule has 0 saturated heterocycles. The van der Waals surface area contributed by atoms with Gasteiger partial charge in [0.2, 0.25) is 11.8 Å². The molecule has 1 N–H and O–H groups in total. The summed E-state index contributed by atoms with van der Waals surface area (Å²) in [6.07, 6.45) is 5.36. The van der Waals surface area contributed by atoms with Crippen LogP contribution in [0.2, 0.25) is 0 Å². The number of H-pyrrole nitrogens is 1. The summed E-state index contributed by atoms with van der Waals surface area (Å²) in [5.74, 6) is -0.903. The van der Waals surface area contributed by atoms with Gasteiger partial charge < -0.3 is 14.3 Å². The minimum Gasteiger partial charge on any atom is -0.412 e. The van der Waals surface area contributed by atoms with E-state index in [0.717, 1.165) is 5.69 Å². The van der Waals surface area contributed by atoms with Crippen LogP contribution in [0.4, 0.5) is 4.39 Å². The van der Waals surface area contributed by atoms with Crippen molar-refractivity contribution in [3.8, 4) is 11.5 Å². The highest BCUT2D eigenvalue weighted by Gasteiger charge is 2.38. The SMILES string of the molecule is O=C(c1nnc(-c2cccnc2)o1)N1CCc2[nH]cnc2[C@H]1c1cc2cccc(F)n2n1. The molecule has 0 radical (unpaired) electrons. The number of carbonyl (C=O) groups excluding carboxylic acids is 1. The van der Waals surface area contributed by atoms with Crippen LogP contribution >= 0.6 is 0 Å². The van der Waals surface area contributed by atoms with E-state index in [4.69, 9.17) is 4.42 Å². The minimum absolute atomic E-state index is 0.150. The molecule has 0 saturated carbocycles. The van der Waals surface area contributed by atoms with E-state index < -0.39 is 17.9 Å². The van der Waals surface area contributed by atoms with E-state index in [1.165, 1.54) is 10.6 Å². The number of rotatable bonds is 3. The molecule has 1 amide bonds. The van der Waals surface area contributed by atoms with Crippen molar-refractivity contribution in [3.05, 3.63) is 84.0 Å². The van der Waals surface area contributed by atoms with Crippen LogP contribution in [0.5, 0.6) is 0 Å². The Hall–Kier alpha value is -4.41. The van der Waals surface area contributed by atoms with Crippen molar-refractivity contribution in [3.63, 3.8) is 0 Å². The molecule has 0 aliphatic carbocycles. The van der Waals surface area contributed by atoms with E-state index in [-0.39, 0.29) is 11.8 Å². The Balaban J connectivity index is 1.41. The molecule has 0 aromatic carbocycles. The van der Waals surface area contributed by atoms with Gasteiger partial charge in [0.15, 0.2) is 0 Å². The molecule has 0 fully saturated rings. The van der Waals surface area contributed by atoms with Crippen LogP contribution in [0.3, 0.4) is 0 Å². The zero-order chi connectivity index (χ0) is 21.7. The molecule has 0 bridgehead atoms. The third kappa shape index (κ3) is 2.86. The van der Waals surface area contributed by atoms with Gasteiger partial charge in [-0.2, -0.15) is 9.49 Å². The van der Waals surface area contributed by atoms with Crippen molar-refractivity contribution in [2.45, 2.75) is 12.5 Å². The Labute approximate surface area is 179 Å². The summed E-state index contributed by atoms with van der Waals surface area (Å²) in [7, 11) is 0. The van der Waals surface area contributed by atoms with E-state index in [9.17, 15) is 9.18 Å². The summed E-state index contributed by atoms with van der Waals surface area (Å²) in [5.41, 5.74) is 3.23. The second-order valence-corrected chi connectivity index (χ2v) is 7.33. The first-order chi connectivity index (χ1) is 15.7. The van der Waals surface area contributed by atoms with Crippen LogP contribution < -0.4 is 0 Å². The molecule has 32 heavy (non-hydrogen) atoms. The first-order valence-corrected chi connectivity index (χ1v) is 9.90. The number of aromatic amines is 1. The number of amides is 1. The highest BCUT2D eigenvalue weighted by atomic mass is 19.1. The second-order valence-electron chi connectivity index (χ2n) is 7.33. The molecule has 11 heteroatoms. The molecule has 6 heterocycles. The number of nitrogens with one attached hydrogen (secondary N) is 1. The fourth-order valence-corrected chi connectivity index (χ4v) is 3.97. The number of halogens is 1. The van der Waals surface area contributed by atoms with Crippen LogP contribution in [0.25, 0.3) is 17.0 Å². The Morgan fingerprint density at radius 1 is 1.22 bits per heavy atom. The van der Waals surface area contributed by atoms with E-state index in [1.54, 1.807) is 54.0 Å². The van der Waals surface area contributed by atoms with Gasteiger partial charge in [0.05, 0.1) is 28.8 Å². The van der Waals surface area contributed by atoms with Gasteiger partial charge in [-0.3, -0.25) is 9.78 Å². The number of pyridine rings is 2. The third-order valence-corrected chi connectivity index (χ3v) is 5.44. The average Bonchev–Trinajstić information content (AvgIpc) is 3.58. The first-order valence-electron chi connectivity index (χ1n) is 9.90. The molecule has 10 nitrogen and oxygen atoms in total. The lowest BCUT2D eigenvalue weighted by Crippen LogP contribution is -2.41. The van der Waals surface area contributed by atoms with Crippen molar-refractivity contribution in [2.75, 3.05) is 6.54 Å². The van der Waals surface area contributed by atoms with E-state index >= 15 is 0 Å². The molecule has 1 atom stereocenters. The second kappa shape index (κ2) is 7.08. The topological polar surface area (TPSA) is 118 Å². The molecule has 1 aliphatic heterocycles. The van der Waals surface area contributed by atoms with Crippen molar-refractivity contribution in [2.24, 2.45) is 0 Å². The first kappa shape index (κ1) is 18.4. The van der Waals surface area contributed by atoms with Gasteiger partial charge in [0.25, 0.3) is 0 Å². The van der Waals surface area contributed by atoms with Crippen LogP contribution in [0.15, 0.2) is 59.5 Å². The van der Waals surface area contributed by atoms with Gasteiger partial charge >= 0.3 is 11.8 Å². The highest BCUT2D eigenvalue weighted by Crippen LogP contribution is 2.34. The fraction of sp³-hybridized carbons (Fsp3) is 0.143. The van der Waals surface area contributed by atoms with E-state index in [0.29, 0.717) is 35.4 Å². The number of nitrogens with zero attached hydrogens (tertiary/aromatic N) is 7.